The van der Waals surface area contributed by atoms with Crippen molar-refractivity contribution in [2.75, 3.05) is 25.1 Å². The van der Waals surface area contributed by atoms with E-state index in [1.807, 2.05) is 24.3 Å². The largest absolute Gasteiger partial charge is 0.482 e. The number of likely N-dealkylation sites (N-methyl/N-ethyl adjacent to an activating group) is 1. The van der Waals surface area contributed by atoms with Crippen molar-refractivity contribution < 1.29 is 14.3 Å². The number of hydrogen-bond acceptors (Lipinski definition) is 4. The van der Waals surface area contributed by atoms with Gasteiger partial charge in [-0.25, -0.2) is 0 Å². The van der Waals surface area contributed by atoms with Gasteiger partial charge in [0.05, 0.1) is 16.6 Å². The summed E-state index contributed by atoms with van der Waals surface area (Å²) >= 11 is 7.34. The van der Waals surface area contributed by atoms with E-state index in [9.17, 15) is 9.59 Å². The van der Waals surface area contributed by atoms with Crippen LogP contribution in [0.4, 0.5) is 5.69 Å². The minimum Gasteiger partial charge on any atom is -0.482 e. The molecule has 0 spiro atoms. The molecule has 1 aliphatic rings. The number of rotatable bonds is 4. The maximum absolute atomic E-state index is 12.4. The molecule has 0 saturated heterocycles. The van der Waals surface area contributed by atoms with Crippen LogP contribution in [0.15, 0.2) is 36.4 Å². The third-order valence-electron chi connectivity index (χ3n) is 3.55. The molecule has 2 heterocycles. The van der Waals surface area contributed by atoms with Gasteiger partial charge in [-0.1, -0.05) is 23.7 Å². The molecule has 2 amide bonds. The summed E-state index contributed by atoms with van der Waals surface area (Å²) in [4.78, 5) is 28.6. The Kier molecular flexibility index (Phi) is 4.54. The highest BCUT2D eigenvalue weighted by molar-refractivity contribution is 7.16. The van der Waals surface area contributed by atoms with Crippen LogP contribution < -0.4 is 9.64 Å². The van der Waals surface area contributed by atoms with Crippen LogP contribution in [0.3, 0.4) is 0 Å². The lowest BCUT2D eigenvalue weighted by molar-refractivity contribution is -0.131. The Morgan fingerprint density at radius 1 is 1.35 bits per heavy atom. The van der Waals surface area contributed by atoms with E-state index in [1.54, 1.807) is 24.1 Å². The van der Waals surface area contributed by atoms with Gasteiger partial charge in [0.2, 0.25) is 5.91 Å². The number of nitrogens with zero attached hydrogens (tertiary/aromatic N) is 2. The van der Waals surface area contributed by atoms with Gasteiger partial charge in [0.1, 0.15) is 12.3 Å². The van der Waals surface area contributed by atoms with Gasteiger partial charge in [0.25, 0.3) is 5.91 Å². The Morgan fingerprint density at radius 3 is 2.87 bits per heavy atom. The van der Waals surface area contributed by atoms with E-state index in [2.05, 4.69) is 0 Å². The monoisotopic (exact) mass is 350 g/mol. The fraction of sp³-hybridized carbons (Fsp3) is 0.250. The number of fused-ring (bicyclic) bond motifs is 1. The average Bonchev–Trinajstić information content (AvgIpc) is 2.95. The second-order valence-electron chi connectivity index (χ2n) is 5.19. The Balaban J connectivity index is 1.70. The topological polar surface area (TPSA) is 49.9 Å². The zero-order valence-electron chi connectivity index (χ0n) is 12.5. The summed E-state index contributed by atoms with van der Waals surface area (Å²) in [5.41, 5.74) is 0.629. The number of hydrogen-bond donors (Lipinski definition) is 0. The fourth-order valence-corrected chi connectivity index (χ4v) is 3.48. The SMILES string of the molecule is CN(Cc1ccc(Cl)s1)C(=O)CN1C(=O)COc2ccccc21. The van der Waals surface area contributed by atoms with Crippen LogP contribution in [-0.2, 0) is 16.1 Å². The summed E-state index contributed by atoms with van der Waals surface area (Å²) < 4.78 is 6.07. The molecule has 0 unspecified atom stereocenters. The van der Waals surface area contributed by atoms with Gasteiger partial charge in [-0.15, -0.1) is 11.3 Å². The molecule has 0 saturated carbocycles. The first kappa shape index (κ1) is 15.8. The summed E-state index contributed by atoms with van der Waals surface area (Å²) in [5, 5.41) is 0. The lowest BCUT2D eigenvalue weighted by Gasteiger charge is -2.30. The number of amides is 2. The highest BCUT2D eigenvalue weighted by atomic mass is 35.5. The normalized spacial score (nSPS) is 13.5. The molecule has 0 bridgehead atoms. The predicted molar refractivity (Wildman–Crippen MR) is 90.1 cm³/mol. The second kappa shape index (κ2) is 6.60. The van der Waals surface area contributed by atoms with Crippen molar-refractivity contribution in [3.63, 3.8) is 0 Å². The number of carbonyl (C=O) groups is 2. The molecule has 2 aromatic rings. The highest BCUT2D eigenvalue weighted by Crippen LogP contribution is 2.31. The molecule has 3 rings (SSSR count). The number of ether oxygens (including phenoxy) is 1. The van der Waals surface area contributed by atoms with Crippen LogP contribution >= 0.6 is 22.9 Å². The molecule has 0 radical (unpaired) electrons. The Labute approximate surface area is 143 Å². The molecule has 1 aromatic carbocycles. The maximum Gasteiger partial charge on any atom is 0.265 e. The van der Waals surface area contributed by atoms with E-state index >= 15 is 0 Å². The van der Waals surface area contributed by atoms with Gasteiger partial charge in [-0.05, 0) is 24.3 Å². The number of thiophene rings is 1. The second-order valence-corrected chi connectivity index (χ2v) is 6.99. The molecule has 0 fully saturated rings. The first-order valence-electron chi connectivity index (χ1n) is 7.05. The molecule has 7 heteroatoms. The van der Waals surface area contributed by atoms with Gasteiger partial charge < -0.3 is 9.64 Å². The van der Waals surface area contributed by atoms with Crippen LogP contribution in [0.2, 0.25) is 4.34 Å². The van der Waals surface area contributed by atoms with Crippen molar-refractivity contribution in [2.45, 2.75) is 6.54 Å². The maximum atomic E-state index is 12.4. The number of anilines is 1. The van der Waals surface area contributed by atoms with Crippen molar-refractivity contribution in [1.82, 2.24) is 4.90 Å². The molecule has 0 N–H and O–H groups in total. The molecular formula is C16H15ClN2O3S. The van der Waals surface area contributed by atoms with Gasteiger partial charge >= 0.3 is 0 Å². The first-order chi connectivity index (χ1) is 11.0. The summed E-state index contributed by atoms with van der Waals surface area (Å²) in [6, 6.07) is 10.9. The van der Waals surface area contributed by atoms with Gasteiger partial charge in [0.15, 0.2) is 6.61 Å². The number of para-hydroxylation sites is 2. The van der Waals surface area contributed by atoms with E-state index < -0.39 is 0 Å². The van der Waals surface area contributed by atoms with E-state index in [-0.39, 0.29) is 25.0 Å². The molecule has 1 aromatic heterocycles. The van der Waals surface area contributed by atoms with Crippen molar-refractivity contribution in [2.24, 2.45) is 0 Å². The van der Waals surface area contributed by atoms with Crippen molar-refractivity contribution in [3.05, 3.63) is 45.6 Å². The predicted octanol–water partition coefficient (Wildman–Crippen LogP) is 2.79. The first-order valence-corrected chi connectivity index (χ1v) is 8.24. The van der Waals surface area contributed by atoms with Crippen molar-refractivity contribution in [1.29, 1.82) is 0 Å². The van der Waals surface area contributed by atoms with Crippen LogP contribution in [0.25, 0.3) is 0 Å². The number of benzene rings is 1. The molecule has 0 aliphatic carbocycles. The summed E-state index contributed by atoms with van der Waals surface area (Å²) in [5.74, 6) is 0.261. The summed E-state index contributed by atoms with van der Waals surface area (Å²) in [6.07, 6.45) is 0. The smallest absolute Gasteiger partial charge is 0.265 e. The van der Waals surface area contributed by atoms with Crippen molar-refractivity contribution >= 4 is 40.4 Å². The third kappa shape index (κ3) is 3.48. The summed E-state index contributed by atoms with van der Waals surface area (Å²) in [6.45, 7) is 0.416. The van der Waals surface area contributed by atoms with Crippen LogP contribution in [0.5, 0.6) is 5.75 Å². The summed E-state index contributed by atoms with van der Waals surface area (Å²) in [7, 11) is 1.72. The Hall–Kier alpha value is -2.05. The van der Waals surface area contributed by atoms with Crippen LogP contribution in [0.1, 0.15) is 4.88 Å². The molecule has 23 heavy (non-hydrogen) atoms. The number of carbonyl (C=O) groups excluding carboxylic acids is 2. The van der Waals surface area contributed by atoms with Gasteiger partial charge in [0, 0.05) is 11.9 Å². The van der Waals surface area contributed by atoms with Crippen LogP contribution in [-0.4, -0.2) is 36.9 Å². The quantitative estimate of drug-likeness (QED) is 0.852. The zero-order chi connectivity index (χ0) is 16.4. The van der Waals surface area contributed by atoms with E-state index in [4.69, 9.17) is 16.3 Å². The Bertz CT molecular complexity index is 746. The van der Waals surface area contributed by atoms with Gasteiger partial charge in [-0.3, -0.25) is 14.5 Å². The number of halogens is 1. The molecule has 0 atom stereocenters. The zero-order valence-corrected chi connectivity index (χ0v) is 14.1. The fourth-order valence-electron chi connectivity index (χ4n) is 2.34. The standard InChI is InChI=1S/C16H15ClN2O3S/c1-18(8-11-6-7-14(17)23-11)15(20)9-19-12-4-2-3-5-13(12)22-10-16(19)21/h2-7H,8-10H2,1H3. The van der Waals surface area contributed by atoms with E-state index in [0.717, 1.165) is 4.88 Å². The highest BCUT2D eigenvalue weighted by Gasteiger charge is 2.27. The van der Waals surface area contributed by atoms with E-state index in [0.29, 0.717) is 22.3 Å². The van der Waals surface area contributed by atoms with Gasteiger partial charge in [-0.2, -0.15) is 0 Å². The lowest BCUT2D eigenvalue weighted by Crippen LogP contribution is -2.45. The van der Waals surface area contributed by atoms with Crippen molar-refractivity contribution in [3.8, 4) is 5.75 Å². The third-order valence-corrected chi connectivity index (χ3v) is 4.77. The van der Waals surface area contributed by atoms with Crippen LogP contribution in [0, 0.1) is 0 Å². The Morgan fingerprint density at radius 2 is 2.13 bits per heavy atom. The lowest BCUT2D eigenvalue weighted by atomic mass is 10.2. The minimum atomic E-state index is -0.218. The molecule has 120 valence electrons. The molecular weight excluding hydrogens is 336 g/mol. The minimum absolute atomic E-state index is 0.00514. The van der Waals surface area contributed by atoms with E-state index in [1.165, 1.54) is 16.2 Å². The molecule has 1 aliphatic heterocycles. The average molecular weight is 351 g/mol. The molecule has 5 nitrogen and oxygen atoms in total.